The molecule has 3 aliphatic carbocycles. The van der Waals surface area contributed by atoms with Gasteiger partial charge in [-0.3, -0.25) is 0 Å². The number of para-hydroxylation sites is 2. The zero-order valence-corrected chi connectivity index (χ0v) is 31.9. The van der Waals surface area contributed by atoms with Gasteiger partial charge in [0.25, 0.3) is 0 Å². The highest BCUT2D eigenvalue weighted by molar-refractivity contribution is 6.10. The molecule has 6 nitrogen and oxygen atoms in total. The molecule has 0 amide bonds. The van der Waals surface area contributed by atoms with Gasteiger partial charge in [0.1, 0.15) is 0 Å². The maximum absolute atomic E-state index is 9.43. The van der Waals surface area contributed by atoms with Crippen LogP contribution in [0.2, 0.25) is 0 Å². The maximum atomic E-state index is 9.43. The van der Waals surface area contributed by atoms with Gasteiger partial charge >= 0.3 is 0 Å². The van der Waals surface area contributed by atoms with Crippen LogP contribution >= 0.6 is 0 Å². The van der Waals surface area contributed by atoms with Crippen LogP contribution < -0.4 is 0 Å². The molecule has 58 heavy (non-hydrogen) atoms. The second kappa shape index (κ2) is 14.0. The van der Waals surface area contributed by atoms with Gasteiger partial charge in [0.2, 0.25) is 0 Å². The first-order chi connectivity index (χ1) is 28.7. The molecule has 1 unspecified atom stereocenters. The molecule has 0 N–H and O–H groups in total. The van der Waals surface area contributed by atoms with Crippen molar-refractivity contribution in [1.82, 2.24) is 24.1 Å². The summed E-state index contributed by atoms with van der Waals surface area (Å²) in [5, 5.41) is 13.3. The summed E-state index contributed by atoms with van der Waals surface area (Å²) < 4.78 is 4.94. The third kappa shape index (κ3) is 5.74. The number of hydrogen-bond acceptors (Lipinski definition) is 4. The van der Waals surface area contributed by atoms with Crippen LogP contribution in [0.3, 0.4) is 0 Å². The smallest absolute Gasteiger partial charge is 0.164 e. The number of aryl methyl sites for hydroxylation is 1. The van der Waals surface area contributed by atoms with Crippen LogP contribution in [0, 0.1) is 11.3 Å². The number of aromatic nitrogens is 5. The maximum Gasteiger partial charge on any atom is 0.164 e. The number of rotatable bonds is 6. The number of nitriles is 1. The first-order valence-corrected chi connectivity index (χ1v) is 20.1. The lowest BCUT2D eigenvalue weighted by atomic mass is 9.98. The van der Waals surface area contributed by atoms with Gasteiger partial charge in [0, 0.05) is 45.0 Å². The van der Waals surface area contributed by atoms with E-state index >= 15 is 0 Å². The van der Waals surface area contributed by atoms with E-state index in [1.807, 2.05) is 24.3 Å². The monoisotopic (exact) mass is 746 g/mol. The van der Waals surface area contributed by atoms with Gasteiger partial charge in [0.05, 0.1) is 28.7 Å². The average molecular weight is 747 g/mol. The predicted molar refractivity (Wildman–Crippen MR) is 236 cm³/mol. The summed E-state index contributed by atoms with van der Waals surface area (Å²) in [6, 6.07) is 43.1. The highest BCUT2D eigenvalue weighted by atomic mass is 15.1. The molecule has 0 fully saturated rings. The van der Waals surface area contributed by atoms with E-state index in [0.717, 1.165) is 54.5 Å². The van der Waals surface area contributed by atoms with Gasteiger partial charge in [0.15, 0.2) is 17.5 Å². The zero-order chi connectivity index (χ0) is 38.6. The summed E-state index contributed by atoms with van der Waals surface area (Å²) >= 11 is 0. The highest BCUT2D eigenvalue weighted by Gasteiger charge is 2.26. The molecule has 0 saturated heterocycles. The minimum Gasteiger partial charge on any atom is -0.333 e. The minimum atomic E-state index is 0.0581. The van der Waals surface area contributed by atoms with Crippen molar-refractivity contribution in [3.8, 4) is 34.3 Å². The van der Waals surface area contributed by atoms with Gasteiger partial charge < -0.3 is 9.13 Å². The minimum absolute atomic E-state index is 0.0581. The van der Waals surface area contributed by atoms with E-state index < -0.39 is 0 Å². The van der Waals surface area contributed by atoms with Crippen molar-refractivity contribution in [2.24, 2.45) is 0 Å². The van der Waals surface area contributed by atoms with Crippen molar-refractivity contribution >= 4 is 49.9 Å². The lowest BCUT2D eigenvalue weighted by Gasteiger charge is -2.24. The van der Waals surface area contributed by atoms with Crippen molar-refractivity contribution < 1.29 is 0 Å². The van der Waals surface area contributed by atoms with Crippen LogP contribution in [0.15, 0.2) is 158 Å². The fourth-order valence-electron chi connectivity index (χ4n) is 9.09. The molecule has 276 valence electrons. The van der Waals surface area contributed by atoms with Crippen molar-refractivity contribution in [1.29, 1.82) is 5.26 Å². The van der Waals surface area contributed by atoms with Gasteiger partial charge in [-0.1, -0.05) is 103 Å². The van der Waals surface area contributed by atoms with Crippen LogP contribution in [-0.4, -0.2) is 24.1 Å². The van der Waals surface area contributed by atoms with Crippen molar-refractivity contribution in [3.05, 3.63) is 186 Å². The molecule has 0 bridgehead atoms. The standard InChI is InChI=1S/C52H38N6/c53-33-34-22-24-36(25-23-34)51-54-50(35-12-3-1-4-13-35)55-52(56-51)39-14-11-17-41(30-39)58-47-21-10-8-19-43(47)45-29-27-38(32-49(45)58)37-26-28-44-42-18-7-9-20-46(42)57(48(44)31-37)40-15-5-2-6-16-40/h1-3,5-7,9-12,14-18,20-29,31-32,41H,4,8,13,19,30H2. The Morgan fingerprint density at radius 2 is 1.28 bits per heavy atom. The van der Waals surface area contributed by atoms with Crippen LogP contribution in [-0.2, 0) is 6.42 Å². The first kappa shape index (κ1) is 33.9. The summed E-state index contributed by atoms with van der Waals surface area (Å²) in [6.07, 6.45) is 22.3. The van der Waals surface area contributed by atoms with Crippen molar-refractivity contribution in [2.75, 3.05) is 0 Å². The molecule has 5 aromatic carbocycles. The summed E-state index contributed by atoms with van der Waals surface area (Å²) in [7, 11) is 0. The molecule has 1 atom stereocenters. The molecule has 6 heteroatoms. The van der Waals surface area contributed by atoms with Crippen molar-refractivity contribution in [3.63, 3.8) is 0 Å². The SMILES string of the molecule is N#Cc1ccc(-c2nc(C3=CC=CCC3)nc(C3=CC=CC(n4c5c(c6ccc(-c7ccc8c9ccccc9n(-c9ccccc9)c8c7)cc64)CCC=C5)C3)n2)cc1. The van der Waals surface area contributed by atoms with Gasteiger partial charge in [-0.25, -0.2) is 15.0 Å². The summed E-state index contributed by atoms with van der Waals surface area (Å²) in [5.41, 5.74) is 13.5. The van der Waals surface area contributed by atoms with Crippen LogP contribution in [0.5, 0.6) is 0 Å². The lowest BCUT2D eigenvalue weighted by Crippen LogP contribution is -2.14. The molecular formula is C52H38N6. The van der Waals surface area contributed by atoms with Crippen LogP contribution in [0.4, 0.5) is 0 Å². The molecule has 11 rings (SSSR count). The van der Waals surface area contributed by atoms with E-state index in [4.69, 9.17) is 15.0 Å². The Hall–Kier alpha value is -7.36. The Morgan fingerprint density at radius 1 is 0.586 bits per heavy atom. The summed E-state index contributed by atoms with van der Waals surface area (Å²) in [5.74, 6) is 2.02. The van der Waals surface area contributed by atoms with Gasteiger partial charge in [-0.2, -0.15) is 5.26 Å². The molecular weight excluding hydrogens is 709 g/mol. The molecule has 0 spiro atoms. The first-order valence-electron chi connectivity index (χ1n) is 20.1. The summed E-state index contributed by atoms with van der Waals surface area (Å²) in [4.78, 5) is 15.2. The predicted octanol–water partition coefficient (Wildman–Crippen LogP) is 12.4. The highest BCUT2D eigenvalue weighted by Crippen LogP contribution is 2.41. The lowest BCUT2D eigenvalue weighted by molar-refractivity contribution is 0.626. The molecule has 3 heterocycles. The second-order valence-electron chi connectivity index (χ2n) is 15.3. The topological polar surface area (TPSA) is 72.3 Å². The Balaban J connectivity index is 1.01. The normalized spacial score (nSPS) is 16.1. The van der Waals surface area contributed by atoms with E-state index in [0.29, 0.717) is 23.0 Å². The van der Waals surface area contributed by atoms with E-state index in [2.05, 4.69) is 155 Å². The molecule has 3 aromatic heterocycles. The second-order valence-corrected chi connectivity index (χ2v) is 15.3. The number of benzene rings is 5. The summed E-state index contributed by atoms with van der Waals surface area (Å²) in [6.45, 7) is 0. The molecule has 0 radical (unpaired) electrons. The molecule has 3 aliphatic rings. The van der Waals surface area contributed by atoms with Crippen molar-refractivity contribution in [2.45, 2.75) is 38.1 Å². The van der Waals surface area contributed by atoms with Gasteiger partial charge in [-0.15, -0.1) is 0 Å². The molecule has 8 aromatic rings. The van der Waals surface area contributed by atoms with E-state index in [-0.39, 0.29) is 6.04 Å². The van der Waals surface area contributed by atoms with Crippen LogP contribution in [0.25, 0.3) is 78.1 Å². The third-order valence-electron chi connectivity index (χ3n) is 11.9. The van der Waals surface area contributed by atoms with E-state index in [1.54, 1.807) is 0 Å². The number of allylic oxidation sites excluding steroid dienone is 9. The Kier molecular flexibility index (Phi) is 8.18. The van der Waals surface area contributed by atoms with E-state index in [1.165, 1.54) is 55.1 Å². The largest absolute Gasteiger partial charge is 0.333 e. The molecule has 0 saturated carbocycles. The number of nitrogens with zero attached hydrogens (tertiary/aromatic N) is 6. The quantitative estimate of drug-likeness (QED) is 0.170. The van der Waals surface area contributed by atoms with Crippen LogP contribution in [0.1, 0.15) is 60.2 Å². The average Bonchev–Trinajstić information content (AvgIpc) is 3.81. The number of fused-ring (bicyclic) bond motifs is 6. The Morgan fingerprint density at radius 3 is 2.09 bits per heavy atom. The third-order valence-corrected chi connectivity index (χ3v) is 11.9. The fourth-order valence-corrected chi connectivity index (χ4v) is 9.09. The Bertz CT molecular complexity index is 3140. The zero-order valence-electron chi connectivity index (χ0n) is 31.9. The number of hydrogen-bond donors (Lipinski definition) is 0. The van der Waals surface area contributed by atoms with E-state index in [9.17, 15) is 5.26 Å². The fraction of sp³-hybridized carbons (Fsp3) is 0.115. The Labute approximate surface area is 336 Å². The molecule has 0 aliphatic heterocycles. The van der Waals surface area contributed by atoms with Gasteiger partial charge in [-0.05, 0) is 114 Å².